The van der Waals surface area contributed by atoms with Crippen LogP contribution in [0.2, 0.25) is 0 Å². The molecule has 0 saturated heterocycles. The fourth-order valence-electron chi connectivity index (χ4n) is 8.98. The van der Waals surface area contributed by atoms with Gasteiger partial charge < -0.3 is 20.3 Å². The minimum absolute atomic E-state index is 0.00798. The topological polar surface area (TPSA) is 95.9 Å². The molecule has 0 rings (SSSR count). The Hall–Kier alpha value is -1.66. The van der Waals surface area contributed by atoms with E-state index in [0.29, 0.717) is 19.4 Å². The summed E-state index contributed by atoms with van der Waals surface area (Å²) in [7, 11) is 0. The van der Waals surface area contributed by atoms with Crippen molar-refractivity contribution in [2.45, 2.75) is 328 Å². The Kier molecular flexibility index (Phi) is 53.5. The van der Waals surface area contributed by atoms with Gasteiger partial charge in [-0.25, -0.2) is 0 Å². The van der Waals surface area contributed by atoms with E-state index in [9.17, 15) is 19.8 Å². The lowest BCUT2D eigenvalue weighted by molar-refractivity contribution is -0.143. The molecule has 0 spiro atoms. The number of esters is 1. The summed E-state index contributed by atoms with van der Waals surface area (Å²) in [4.78, 5) is 24.5. The molecule has 2 atom stereocenters. The lowest BCUT2D eigenvalue weighted by Crippen LogP contribution is -2.45. The lowest BCUT2D eigenvalue weighted by Gasteiger charge is -2.20. The summed E-state index contributed by atoms with van der Waals surface area (Å²) in [5.41, 5.74) is 0. The molecule has 0 aliphatic rings. The maximum Gasteiger partial charge on any atom is 0.305 e. The van der Waals surface area contributed by atoms with E-state index in [2.05, 4.69) is 31.3 Å². The van der Waals surface area contributed by atoms with Crippen LogP contribution in [0, 0.1) is 0 Å². The molecule has 0 aliphatic heterocycles. The third kappa shape index (κ3) is 51.6. The molecule has 0 heterocycles. The van der Waals surface area contributed by atoms with Gasteiger partial charge in [-0.2, -0.15) is 0 Å². The number of hydrogen-bond acceptors (Lipinski definition) is 5. The van der Waals surface area contributed by atoms with Crippen molar-refractivity contribution in [1.29, 1.82) is 0 Å². The van der Waals surface area contributed by atoms with E-state index >= 15 is 0 Å². The normalized spacial score (nSPS) is 12.7. The summed E-state index contributed by atoms with van der Waals surface area (Å²) in [5, 5.41) is 23.0. The molecule has 65 heavy (non-hydrogen) atoms. The lowest BCUT2D eigenvalue weighted by atomic mass is 10.0. The summed E-state index contributed by atoms with van der Waals surface area (Å²) >= 11 is 0. The first kappa shape index (κ1) is 63.3. The monoisotopic (exact) mass is 916 g/mol. The largest absolute Gasteiger partial charge is 0.466 e. The average Bonchev–Trinajstić information content (AvgIpc) is 3.31. The van der Waals surface area contributed by atoms with Crippen molar-refractivity contribution < 1.29 is 24.5 Å². The molecule has 6 heteroatoms. The Morgan fingerprint density at radius 1 is 0.415 bits per heavy atom. The van der Waals surface area contributed by atoms with Crippen LogP contribution in [0.5, 0.6) is 0 Å². The van der Waals surface area contributed by atoms with Crippen molar-refractivity contribution in [2.75, 3.05) is 13.2 Å². The zero-order chi connectivity index (χ0) is 47.2. The van der Waals surface area contributed by atoms with Gasteiger partial charge in [-0.15, -0.1) is 0 Å². The van der Waals surface area contributed by atoms with Crippen LogP contribution in [0.3, 0.4) is 0 Å². The molecule has 0 saturated carbocycles. The van der Waals surface area contributed by atoms with Crippen molar-refractivity contribution in [3.63, 3.8) is 0 Å². The number of carbonyl (C=O) groups is 2. The van der Waals surface area contributed by atoms with Gasteiger partial charge in [-0.1, -0.05) is 269 Å². The number of allylic oxidation sites excluding steroid dienone is 3. The highest BCUT2D eigenvalue weighted by Gasteiger charge is 2.18. The Morgan fingerprint density at radius 3 is 1.09 bits per heavy atom. The van der Waals surface area contributed by atoms with E-state index in [4.69, 9.17) is 4.74 Å². The fourth-order valence-corrected chi connectivity index (χ4v) is 8.98. The van der Waals surface area contributed by atoms with Crippen molar-refractivity contribution in [3.05, 3.63) is 24.3 Å². The van der Waals surface area contributed by atoms with E-state index in [1.54, 1.807) is 6.08 Å². The summed E-state index contributed by atoms with van der Waals surface area (Å²) in [5.74, 6) is -0.0624. The Labute approximate surface area is 405 Å². The summed E-state index contributed by atoms with van der Waals surface area (Å²) in [6.45, 7) is 4.88. The van der Waals surface area contributed by atoms with Crippen molar-refractivity contribution in [1.82, 2.24) is 5.32 Å². The van der Waals surface area contributed by atoms with Crippen molar-refractivity contribution in [3.8, 4) is 0 Å². The van der Waals surface area contributed by atoms with Crippen LogP contribution in [0.4, 0.5) is 0 Å². The summed E-state index contributed by atoms with van der Waals surface area (Å²) in [6.07, 6.45) is 66.4. The first-order chi connectivity index (χ1) is 32.0. The van der Waals surface area contributed by atoms with Gasteiger partial charge >= 0.3 is 5.97 Å². The quantitative estimate of drug-likeness (QED) is 0.0321. The fraction of sp³-hybridized carbons (Fsp3) is 0.898. The number of amides is 1. The first-order valence-electron chi connectivity index (χ1n) is 29.1. The minimum atomic E-state index is -0.843. The van der Waals surface area contributed by atoms with E-state index in [1.807, 2.05) is 6.08 Å². The van der Waals surface area contributed by atoms with Gasteiger partial charge in [0.05, 0.1) is 25.4 Å². The highest BCUT2D eigenvalue weighted by Crippen LogP contribution is 2.17. The van der Waals surface area contributed by atoms with Crippen LogP contribution >= 0.6 is 0 Å². The number of carbonyl (C=O) groups excluding carboxylic acids is 2. The standard InChI is InChI=1S/C59H113NO5/c1-3-5-7-9-11-13-15-16-17-23-27-30-33-37-41-45-49-53-59(64)65-54-50-46-42-38-34-31-28-25-22-20-18-19-21-24-26-29-32-36-40-44-48-52-58(63)60-56(55-61)57(62)51-47-43-39-35-14-12-10-8-6-4-2/h16-17,47,51,56-57,61-62H,3-15,18-46,48-50,52-55H2,1-2H3,(H,60,63)/b17-16-,51-47+. The Balaban J connectivity index is 3.37. The molecule has 0 aromatic carbocycles. The van der Waals surface area contributed by atoms with Crippen LogP contribution in [-0.2, 0) is 14.3 Å². The van der Waals surface area contributed by atoms with Crippen molar-refractivity contribution in [2.24, 2.45) is 0 Å². The average molecular weight is 917 g/mol. The molecule has 0 radical (unpaired) electrons. The molecule has 2 unspecified atom stereocenters. The number of aliphatic hydroxyl groups excluding tert-OH is 2. The second-order valence-electron chi connectivity index (χ2n) is 20.0. The molecule has 3 N–H and O–H groups in total. The number of aliphatic hydroxyl groups is 2. The van der Waals surface area contributed by atoms with Gasteiger partial charge in [-0.05, 0) is 57.8 Å². The summed E-state index contributed by atoms with van der Waals surface area (Å²) < 4.78 is 5.49. The van der Waals surface area contributed by atoms with Gasteiger partial charge in [0, 0.05) is 12.8 Å². The number of nitrogens with one attached hydrogen (secondary N) is 1. The second kappa shape index (κ2) is 54.9. The van der Waals surface area contributed by atoms with Crippen LogP contribution in [0.1, 0.15) is 316 Å². The van der Waals surface area contributed by atoms with Gasteiger partial charge in [0.2, 0.25) is 5.91 Å². The molecule has 384 valence electrons. The van der Waals surface area contributed by atoms with Crippen LogP contribution in [0.15, 0.2) is 24.3 Å². The molecular weight excluding hydrogens is 803 g/mol. The molecule has 0 aliphatic carbocycles. The highest BCUT2D eigenvalue weighted by atomic mass is 16.5. The third-order valence-electron chi connectivity index (χ3n) is 13.5. The molecule has 0 fully saturated rings. The summed E-state index contributed by atoms with van der Waals surface area (Å²) in [6, 6.07) is -0.626. The Bertz CT molecular complexity index is 1010. The predicted octanol–water partition coefficient (Wildman–Crippen LogP) is 17.9. The van der Waals surface area contributed by atoms with E-state index in [0.717, 1.165) is 44.9 Å². The first-order valence-corrected chi connectivity index (χ1v) is 29.1. The second-order valence-corrected chi connectivity index (χ2v) is 20.0. The molecule has 6 nitrogen and oxygen atoms in total. The van der Waals surface area contributed by atoms with Crippen LogP contribution in [-0.4, -0.2) is 47.4 Å². The number of ether oxygens (including phenoxy) is 1. The van der Waals surface area contributed by atoms with Crippen LogP contribution < -0.4 is 5.32 Å². The molecule has 0 bridgehead atoms. The minimum Gasteiger partial charge on any atom is -0.466 e. The zero-order valence-corrected chi connectivity index (χ0v) is 43.7. The van der Waals surface area contributed by atoms with E-state index in [1.165, 1.54) is 244 Å². The smallest absolute Gasteiger partial charge is 0.305 e. The van der Waals surface area contributed by atoms with Gasteiger partial charge in [0.1, 0.15) is 0 Å². The SMILES string of the molecule is CCCCCCCC/C=C\CCCCCCCCCC(=O)OCCCCCCCCCCCCCCCCCCCCCCCC(=O)NC(CO)C(O)/C=C/CCCCCCCCCC. The highest BCUT2D eigenvalue weighted by molar-refractivity contribution is 5.76. The van der Waals surface area contributed by atoms with E-state index in [-0.39, 0.29) is 18.5 Å². The maximum atomic E-state index is 12.4. The molecule has 0 aromatic rings. The zero-order valence-electron chi connectivity index (χ0n) is 43.7. The number of rotatable bonds is 54. The van der Waals surface area contributed by atoms with Gasteiger partial charge in [0.25, 0.3) is 0 Å². The number of hydrogen-bond donors (Lipinski definition) is 3. The van der Waals surface area contributed by atoms with Gasteiger partial charge in [-0.3, -0.25) is 9.59 Å². The Morgan fingerprint density at radius 2 is 0.723 bits per heavy atom. The van der Waals surface area contributed by atoms with E-state index < -0.39 is 12.1 Å². The predicted molar refractivity (Wildman–Crippen MR) is 283 cm³/mol. The third-order valence-corrected chi connectivity index (χ3v) is 13.5. The molecule has 0 aromatic heterocycles. The van der Waals surface area contributed by atoms with Gasteiger partial charge in [0.15, 0.2) is 0 Å². The maximum absolute atomic E-state index is 12.4. The molecule has 1 amide bonds. The van der Waals surface area contributed by atoms with Crippen molar-refractivity contribution >= 4 is 11.9 Å². The molecular formula is C59H113NO5. The number of unbranched alkanes of at least 4 members (excludes halogenated alkanes) is 41. The van der Waals surface area contributed by atoms with Crippen LogP contribution in [0.25, 0.3) is 0 Å².